The van der Waals surface area contributed by atoms with E-state index in [1.807, 2.05) is 46.8 Å². The summed E-state index contributed by atoms with van der Waals surface area (Å²) in [6.07, 6.45) is 0. The van der Waals surface area contributed by atoms with E-state index in [-0.39, 0.29) is 24.7 Å². The predicted molar refractivity (Wildman–Crippen MR) is 75.2 cm³/mol. The minimum atomic E-state index is -0.259. The zero-order chi connectivity index (χ0) is 14.6. The molecule has 19 heavy (non-hydrogen) atoms. The van der Waals surface area contributed by atoms with Crippen LogP contribution in [-0.2, 0) is 11.4 Å². The number of nitrogens with one attached hydrogen (secondary N) is 1. The predicted octanol–water partition coefficient (Wildman–Crippen LogP) is 2.09. The van der Waals surface area contributed by atoms with Crippen LogP contribution >= 0.6 is 0 Å². The molecule has 0 bridgehead atoms. The molecule has 0 atom stereocenters. The Morgan fingerprint density at radius 3 is 2.21 bits per heavy atom. The summed E-state index contributed by atoms with van der Waals surface area (Å²) in [5, 5.41) is 12.0. The van der Waals surface area contributed by atoms with Crippen LogP contribution in [0.5, 0.6) is 5.75 Å². The van der Waals surface area contributed by atoms with E-state index in [1.165, 1.54) is 0 Å². The maximum absolute atomic E-state index is 11.7. The molecule has 1 rings (SSSR count). The van der Waals surface area contributed by atoms with Gasteiger partial charge in [0.25, 0.3) is 5.91 Å². The smallest absolute Gasteiger partial charge is 0.258 e. The lowest BCUT2D eigenvalue weighted by molar-refractivity contribution is -0.124. The Labute approximate surface area is 114 Å². The Morgan fingerprint density at radius 1 is 1.26 bits per heavy atom. The number of hydrogen-bond donors (Lipinski definition) is 2. The van der Waals surface area contributed by atoms with E-state index >= 15 is 0 Å². The molecule has 1 amide bonds. The first-order valence-electron chi connectivity index (χ1n) is 6.37. The number of amides is 1. The largest absolute Gasteiger partial charge is 0.483 e. The molecule has 106 valence electrons. The van der Waals surface area contributed by atoms with Crippen molar-refractivity contribution in [2.75, 3.05) is 6.61 Å². The fourth-order valence-corrected chi connectivity index (χ4v) is 1.95. The lowest BCUT2D eigenvalue weighted by Gasteiger charge is -2.21. The Morgan fingerprint density at radius 2 is 1.79 bits per heavy atom. The maximum Gasteiger partial charge on any atom is 0.258 e. The molecule has 0 spiro atoms. The van der Waals surface area contributed by atoms with E-state index in [2.05, 4.69) is 5.32 Å². The van der Waals surface area contributed by atoms with Crippen LogP contribution in [0, 0.1) is 13.8 Å². The molecule has 0 aliphatic heterocycles. The highest BCUT2D eigenvalue weighted by molar-refractivity contribution is 5.78. The Balaban J connectivity index is 2.71. The van der Waals surface area contributed by atoms with Crippen molar-refractivity contribution < 1.29 is 14.6 Å². The molecule has 0 aliphatic rings. The van der Waals surface area contributed by atoms with E-state index in [0.717, 1.165) is 16.7 Å². The van der Waals surface area contributed by atoms with Crippen molar-refractivity contribution in [1.29, 1.82) is 0 Å². The van der Waals surface area contributed by atoms with Crippen LogP contribution in [0.2, 0.25) is 0 Å². The Kier molecular flexibility index (Phi) is 4.95. The zero-order valence-electron chi connectivity index (χ0n) is 12.3. The van der Waals surface area contributed by atoms with Crippen molar-refractivity contribution >= 4 is 5.91 Å². The van der Waals surface area contributed by atoms with Gasteiger partial charge in [-0.05, 0) is 51.3 Å². The third-order valence-corrected chi connectivity index (χ3v) is 2.56. The molecule has 0 aliphatic carbocycles. The molecule has 1 aromatic rings. The van der Waals surface area contributed by atoms with E-state index in [9.17, 15) is 4.79 Å². The molecule has 0 fully saturated rings. The number of aryl methyl sites for hydroxylation is 2. The molecule has 4 nitrogen and oxygen atoms in total. The molecule has 0 saturated heterocycles. The number of carbonyl (C=O) groups is 1. The van der Waals surface area contributed by atoms with Crippen LogP contribution in [-0.4, -0.2) is 23.2 Å². The SMILES string of the molecule is Cc1cc(CO)cc(C)c1OCC(=O)NC(C)(C)C. The molecule has 0 saturated carbocycles. The molecule has 0 aromatic heterocycles. The van der Waals surface area contributed by atoms with Crippen molar-refractivity contribution in [3.8, 4) is 5.75 Å². The number of hydrogen-bond acceptors (Lipinski definition) is 3. The van der Waals surface area contributed by atoms with Gasteiger partial charge in [0, 0.05) is 5.54 Å². The normalized spacial score (nSPS) is 11.3. The number of aliphatic hydroxyl groups is 1. The third-order valence-electron chi connectivity index (χ3n) is 2.56. The average Bonchev–Trinajstić information content (AvgIpc) is 2.25. The van der Waals surface area contributed by atoms with E-state index in [4.69, 9.17) is 9.84 Å². The fraction of sp³-hybridized carbons (Fsp3) is 0.533. The van der Waals surface area contributed by atoms with Crippen LogP contribution in [0.4, 0.5) is 0 Å². The molecule has 4 heteroatoms. The first-order valence-corrected chi connectivity index (χ1v) is 6.37. The summed E-state index contributed by atoms with van der Waals surface area (Å²) < 4.78 is 5.58. The summed E-state index contributed by atoms with van der Waals surface area (Å²) in [6, 6.07) is 3.73. The highest BCUT2D eigenvalue weighted by Crippen LogP contribution is 2.24. The molecule has 0 heterocycles. The van der Waals surface area contributed by atoms with Gasteiger partial charge in [0.2, 0.25) is 0 Å². The number of aliphatic hydroxyl groups excluding tert-OH is 1. The fourth-order valence-electron chi connectivity index (χ4n) is 1.95. The van der Waals surface area contributed by atoms with Gasteiger partial charge in [0.15, 0.2) is 6.61 Å². The second kappa shape index (κ2) is 6.06. The minimum absolute atomic E-state index is 0.00256. The van der Waals surface area contributed by atoms with Crippen LogP contribution in [0.3, 0.4) is 0 Å². The first-order chi connectivity index (χ1) is 8.73. The number of ether oxygens (including phenoxy) is 1. The number of rotatable bonds is 4. The second-order valence-corrected chi connectivity index (χ2v) is 5.80. The van der Waals surface area contributed by atoms with Gasteiger partial charge in [-0.2, -0.15) is 0 Å². The lowest BCUT2D eigenvalue weighted by Crippen LogP contribution is -2.43. The van der Waals surface area contributed by atoms with Crippen molar-refractivity contribution in [2.45, 2.75) is 46.8 Å². The monoisotopic (exact) mass is 265 g/mol. The van der Waals surface area contributed by atoms with Crippen LogP contribution in [0.1, 0.15) is 37.5 Å². The molecule has 2 N–H and O–H groups in total. The summed E-state index contributed by atoms with van der Waals surface area (Å²) in [7, 11) is 0. The Hall–Kier alpha value is -1.55. The van der Waals surface area contributed by atoms with Crippen LogP contribution in [0.25, 0.3) is 0 Å². The molecule has 0 radical (unpaired) electrons. The highest BCUT2D eigenvalue weighted by Gasteiger charge is 2.15. The van der Waals surface area contributed by atoms with Gasteiger partial charge in [-0.25, -0.2) is 0 Å². The van der Waals surface area contributed by atoms with Gasteiger partial charge in [-0.3, -0.25) is 4.79 Å². The molecular formula is C15H23NO3. The summed E-state index contributed by atoms with van der Waals surface area (Å²) in [5.41, 5.74) is 2.44. The standard InChI is InChI=1S/C15H23NO3/c1-10-6-12(8-17)7-11(2)14(10)19-9-13(18)16-15(3,4)5/h6-7,17H,8-9H2,1-5H3,(H,16,18). The third kappa shape index (κ3) is 4.91. The quantitative estimate of drug-likeness (QED) is 0.876. The lowest BCUT2D eigenvalue weighted by atomic mass is 10.1. The van der Waals surface area contributed by atoms with Gasteiger partial charge in [0.05, 0.1) is 6.61 Å². The zero-order valence-corrected chi connectivity index (χ0v) is 12.3. The van der Waals surface area contributed by atoms with E-state index < -0.39 is 0 Å². The van der Waals surface area contributed by atoms with E-state index in [0.29, 0.717) is 5.75 Å². The molecule has 1 aromatic carbocycles. The number of carbonyl (C=O) groups excluding carboxylic acids is 1. The average molecular weight is 265 g/mol. The minimum Gasteiger partial charge on any atom is -0.483 e. The second-order valence-electron chi connectivity index (χ2n) is 5.80. The van der Waals surface area contributed by atoms with Crippen LogP contribution in [0.15, 0.2) is 12.1 Å². The van der Waals surface area contributed by atoms with E-state index in [1.54, 1.807) is 0 Å². The van der Waals surface area contributed by atoms with Crippen molar-refractivity contribution in [3.63, 3.8) is 0 Å². The van der Waals surface area contributed by atoms with Crippen molar-refractivity contribution in [3.05, 3.63) is 28.8 Å². The summed E-state index contributed by atoms with van der Waals surface area (Å²) in [5.74, 6) is 0.568. The molecule has 0 unspecified atom stereocenters. The van der Waals surface area contributed by atoms with Crippen molar-refractivity contribution in [1.82, 2.24) is 5.32 Å². The highest BCUT2D eigenvalue weighted by atomic mass is 16.5. The van der Waals surface area contributed by atoms with Gasteiger partial charge >= 0.3 is 0 Å². The van der Waals surface area contributed by atoms with Gasteiger partial charge < -0.3 is 15.2 Å². The van der Waals surface area contributed by atoms with Gasteiger partial charge in [-0.1, -0.05) is 12.1 Å². The summed E-state index contributed by atoms with van der Waals surface area (Å²) in [4.78, 5) is 11.7. The van der Waals surface area contributed by atoms with Gasteiger partial charge in [0.1, 0.15) is 5.75 Å². The maximum atomic E-state index is 11.7. The van der Waals surface area contributed by atoms with Crippen molar-refractivity contribution in [2.24, 2.45) is 0 Å². The van der Waals surface area contributed by atoms with Crippen LogP contribution < -0.4 is 10.1 Å². The first kappa shape index (κ1) is 15.5. The molecular weight excluding hydrogens is 242 g/mol. The summed E-state index contributed by atoms with van der Waals surface area (Å²) >= 11 is 0. The van der Waals surface area contributed by atoms with Gasteiger partial charge in [-0.15, -0.1) is 0 Å². The Bertz CT molecular complexity index is 438. The topological polar surface area (TPSA) is 58.6 Å². The summed E-state index contributed by atoms with van der Waals surface area (Å²) in [6.45, 7) is 9.60. The number of benzene rings is 1.